The molecule has 3 N–H and O–H groups in total. The van der Waals surface area contributed by atoms with E-state index in [4.69, 9.17) is 4.74 Å². The van der Waals surface area contributed by atoms with E-state index in [2.05, 4.69) is 25.2 Å². The number of aliphatic imine (C=N–C) groups is 1. The molecular formula is C20H21N5O4S2. The van der Waals surface area contributed by atoms with Crippen LogP contribution in [0.5, 0.6) is 5.75 Å². The van der Waals surface area contributed by atoms with Gasteiger partial charge in [0.25, 0.3) is 11.8 Å². The zero-order valence-corrected chi connectivity index (χ0v) is 18.6. The lowest BCUT2D eigenvalue weighted by atomic mass is 10.1. The van der Waals surface area contributed by atoms with E-state index in [1.54, 1.807) is 24.1 Å². The minimum absolute atomic E-state index is 0.00465. The number of fused-ring (bicyclic) bond motifs is 2. The Labute approximate surface area is 187 Å². The van der Waals surface area contributed by atoms with Gasteiger partial charge in [-0.15, -0.1) is 11.3 Å². The van der Waals surface area contributed by atoms with Gasteiger partial charge in [0.15, 0.2) is 18.7 Å². The SMILES string of the molecule is CN=C(Nc1sc2c(c1C=O)CN(SC)C2)C(=O)NCc1ccc2c(c1)NC(=O)CO2. The van der Waals surface area contributed by atoms with Crippen LogP contribution in [0.4, 0.5) is 10.7 Å². The number of amidine groups is 1. The van der Waals surface area contributed by atoms with Crippen LogP contribution in [0, 0.1) is 0 Å². The smallest absolute Gasteiger partial charge is 0.286 e. The van der Waals surface area contributed by atoms with Crippen molar-refractivity contribution >= 4 is 57.9 Å². The molecule has 31 heavy (non-hydrogen) atoms. The number of nitrogens with zero attached hydrogens (tertiary/aromatic N) is 2. The summed E-state index contributed by atoms with van der Waals surface area (Å²) in [5.74, 6) is 0.114. The van der Waals surface area contributed by atoms with Crippen LogP contribution in [-0.4, -0.2) is 48.2 Å². The molecule has 11 heteroatoms. The van der Waals surface area contributed by atoms with Gasteiger partial charge in [-0.3, -0.25) is 19.4 Å². The summed E-state index contributed by atoms with van der Waals surface area (Å²) in [5, 5.41) is 9.21. The molecule has 0 saturated carbocycles. The highest BCUT2D eigenvalue weighted by molar-refractivity contribution is 7.96. The number of nitrogens with one attached hydrogen (secondary N) is 3. The van der Waals surface area contributed by atoms with Crippen LogP contribution in [0.15, 0.2) is 23.2 Å². The Morgan fingerprint density at radius 3 is 3.00 bits per heavy atom. The molecule has 2 aliphatic heterocycles. The second kappa shape index (κ2) is 9.08. The van der Waals surface area contributed by atoms with Gasteiger partial charge in [-0.2, -0.15) is 0 Å². The van der Waals surface area contributed by atoms with Crippen molar-refractivity contribution < 1.29 is 19.1 Å². The molecule has 2 amide bonds. The normalized spacial score (nSPS) is 15.5. The number of ether oxygens (including phenoxy) is 1. The topological polar surface area (TPSA) is 112 Å². The van der Waals surface area contributed by atoms with Crippen molar-refractivity contribution in [1.82, 2.24) is 9.62 Å². The number of carbonyl (C=O) groups is 3. The predicted octanol–water partition coefficient (Wildman–Crippen LogP) is 2.24. The second-order valence-corrected chi connectivity index (χ2v) is 8.88. The number of amides is 2. The van der Waals surface area contributed by atoms with Crippen LogP contribution in [0.3, 0.4) is 0 Å². The van der Waals surface area contributed by atoms with Crippen LogP contribution in [0.2, 0.25) is 0 Å². The van der Waals surface area contributed by atoms with Crippen LogP contribution in [0.25, 0.3) is 0 Å². The van der Waals surface area contributed by atoms with Crippen molar-refractivity contribution in [1.29, 1.82) is 0 Å². The molecule has 9 nitrogen and oxygen atoms in total. The molecule has 2 aliphatic rings. The molecule has 3 heterocycles. The average Bonchev–Trinajstić information content (AvgIpc) is 3.32. The summed E-state index contributed by atoms with van der Waals surface area (Å²) in [6, 6.07) is 5.33. The number of thiophene rings is 1. The standard InChI is InChI=1S/C20H21N5O4S2/c1-21-18(24-20-13(9-26)12-7-25(30-2)8-16(12)31-20)19(28)22-6-11-3-4-15-14(5-11)23-17(27)10-29-15/h3-5,9H,6-8,10H2,1-2H3,(H,21,24)(H,22,28)(H,23,27). The first-order chi connectivity index (χ1) is 15.0. The maximum Gasteiger partial charge on any atom is 0.286 e. The number of carbonyl (C=O) groups excluding carboxylic acids is 3. The lowest BCUT2D eigenvalue weighted by Gasteiger charge is -2.18. The fraction of sp³-hybridized carbons (Fsp3) is 0.300. The Kier molecular flexibility index (Phi) is 6.25. The van der Waals surface area contributed by atoms with Crippen molar-refractivity contribution in [2.75, 3.05) is 30.5 Å². The van der Waals surface area contributed by atoms with Crippen molar-refractivity contribution in [2.24, 2.45) is 4.99 Å². The van der Waals surface area contributed by atoms with Gasteiger partial charge >= 0.3 is 0 Å². The third-order valence-corrected chi connectivity index (χ3v) is 6.89. The third-order valence-electron chi connectivity index (χ3n) is 4.96. The highest BCUT2D eigenvalue weighted by Crippen LogP contribution is 2.40. The number of hydrogen-bond acceptors (Lipinski definition) is 8. The Hall–Kier alpha value is -2.89. The van der Waals surface area contributed by atoms with E-state index < -0.39 is 5.91 Å². The average molecular weight is 460 g/mol. The molecule has 0 unspecified atom stereocenters. The van der Waals surface area contributed by atoms with E-state index in [0.29, 0.717) is 28.5 Å². The van der Waals surface area contributed by atoms with Crippen molar-refractivity contribution in [3.8, 4) is 5.75 Å². The fourth-order valence-corrected chi connectivity index (χ4v) is 5.19. The number of aldehydes is 1. The van der Waals surface area contributed by atoms with Gasteiger partial charge in [-0.25, -0.2) is 4.31 Å². The van der Waals surface area contributed by atoms with Gasteiger partial charge in [0.05, 0.1) is 11.3 Å². The summed E-state index contributed by atoms with van der Waals surface area (Å²) in [7, 11) is 1.52. The molecule has 0 saturated heterocycles. The molecular weight excluding hydrogens is 438 g/mol. The van der Waals surface area contributed by atoms with Gasteiger partial charge in [-0.1, -0.05) is 18.0 Å². The molecule has 4 rings (SSSR count). The largest absolute Gasteiger partial charge is 0.482 e. The zero-order valence-electron chi connectivity index (χ0n) is 17.0. The Balaban J connectivity index is 1.42. The lowest BCUT2D eigenvalue weighted by Crippen LogP contribution is -2.35. The van der Waals surface area contributed by atoms with E-state index in [0.717, 1.165) is 28.8 Å². The molecule has 0 bridgehead atoms. The van der Waals surface area contributed by atoms with E-state index in [1.165, 1.54) is 18.4 Å². The van der Waals surface area contributed by atoms with E-state index in [1.807, 2.05) is 12.3 Å². The maximum atomic E-state index is 12.7. The van der Waals surface area contributed by atoms with Gasteiger partial charge in [0.2, 0.25) is 0 Å². The molecule has 2 aromatic rings. The molecule has 1 aromatic carbocycles. The quantitative estimate of drug-likeness (QED) is 0.272. The number of benzene rings is 1. The summed E-state index contributed by atoms with van der Waals surface area (Å²) in [4.78, 5) is 41.0. The minimum Gasteiger partial charge on any atom is -0.482 e. The molecule has 0 spiro atoms. The third kappa shape index (κ3) is 4.43. The van der Waals surface area contributed by atoms with Crippen LogP contribution in [0.1, 0.15) is 26.4 Å². The van der Waals surface area contributed by atoms with Crippen LogP contribution in [-0.2, 0) is 29.2 Å². The van der Waals surface area contributed by atoms with Gasteiger partial charge in [0.1, 0.15) is 10.8 Å². The number of rotatable bonds is 5. The number of hydrogen-bond donors (Lipinski definition) is 3. The molecule has 0 fully saturated rings. The number of anilines is 2. The van der Waals surface area contributed by atoms with E-state index in [9.17, 15) is 14.4 Å². The van der Waals surface area contributed by atoms with Crippen molar-refractivity contribution in [2.45, 2.75) is 19.6 Å². The fourth-order valence-electron chi connectivity index (χ4n) is 3.40. The Morgan fingerprint density at radius 1 is 1.42 bits per heavy atom. The Bertz CT molecular complexity index is 1080. The minimum atomic E-state index is -0.392. The summed E-state index contributed by atoms with van der Waals surface area (Å²) in [5.41, 5.74) is 2.96. The van der Waals surface area contributed by atoms with Gasteiger partial charge < -0.3 is 20.7 Å². The van der Waals surface area contributed by atoms with E-state index >= 15 is 0 Å². The van der Waals surface area contributed by atoms with Crippen molar-refractivity contribution in [3.63, 3.8) is 0 Å². The highest BCUT2D eigenvalue weighted by atomic mass is 32.2. The summed E-state index contributed by atoms with van der Waals surface area (Å²) >= 11 is 3.11. The predicted molar refractivity (Wildman–Crippen MR) is 122 cm³/mol. The lowest BCUT2D eigenvalue weighted by molar-refractivity contribution is -0.118. The van der Waals surface area contributed by atoms with Crippen LogP contribution < -0.4 is 20.7 Å². The summed E-state index contributed by atoms with van der Waals surface area (Å²) in [6.07, 6.45) is 2.84. The molecule has 162 valence electrons. The van der Waals surface area contributed by atoms with Gasteiger partial charge in [0, 0.05) is 31.6 Å². The maximum absolute atomic E-state index is 12.7. The zero-order chi connectivity index (χ0) is 22.0. The van der Waals surface area contributed by atoms with E-state index in [-0.39, 0.29) is 24.9 Å². The van der Waals surface area contributed by atoms with Gasteiger partial charge in [-0.05, 0) is 29.5 Å². The Morgan fingerprint density at radius 2 is 2.26 bits per heavy atom. The highest BCUT2D eigenvalue weighted by Gasteiger charge is 2.27. The molecule has 0 aliphatic carbocycles. The summed E-state index contributed by atoms with van der Waals surface area (Å²) < 4.78 is 7.51. The molecule has 0 atom stereocenters. The first-order valence-corrected chi connectivity index (χ1v) is 11.5. The van der Waals surface area contributed by atoms with Crippen LogP contribution >= 0.6 is 23.3 Å². The summed E-state index contributed by atoms with van der Waals surface area (Å²) in [6.45, 7) is 1.71. The first kappa shape index (κ1) is 21.3. The first-order valence-electron chi connectivity index (χ1n) is 9.48. The monoisotopic (exact) mass is 459 g/mol. The second-order valence-electron chi connectivity index (χ2n) is 6.89. The molecule has 1 aromatic heterocycles. The van der Waals surface area contributed by atoms with Crippen molar-refractivity contribution in [3.05, 3.63) is 39.8 Å². The molecule has 0 radical (unpaired) electrons.